The molecule has 0 saturated carbocycles. The van der Waals surface area contributed by atoms with Gasteiger partial charge in [-0.15, -0.1) is 0 Å². The van der Waals surface area contributed by atoms with Crippen molar-refractivity contribution in [3.8, 4) is 11.1 Å². The smallest absolute Gasteiger partial charge is 0.322 e. The number of halogens is 2. The Labute approximate surface area is 133 Å². The maximum atomic E-state index is 10.7. The molecule has 0 heterocycles. The van der Waals surface area contributed by atoms with E-state index in [0.29, 0.717) is 10.0 Å². The monoisotopic (exact) mass is 323 g/mol. The van der Waals surface area contributed by atoms with Gasteiger partial charge in [0.15, 0.2) is 0 Å². The second kappa shape index (κ2) is 6.83. The van der Waals surface area contributed by atoms with Gasteiger partial charge in [-0.2, -0.15) is 0 Å². The van der Waals surface area contributed by atoms with Crippen LogP contribution in [0.4, 0.5) is 5.69 Å². The van der Waals surface area contributed by atoms with Crippen LogP contribution in [0.1, 0.15) is 12.5 Å². The van der Waals surface area contributed by atoms with Crippen LogP contribution in [-0.4, -0.2) is 17.6 Å². The fourth-order valence-corrected chi connectivity index (χ4v) is 2.65. The lowest BCUT2D eigenvalue weighted by Crippen LogP contribution is -2.13. The van der Waals surface area contributed by atoms with E-state index in [4.69, 9.17) is 28.3 Å². The molecule has 2 rings (SSSR count). The van der Waals surface area contributed by atoms with Gasteiger partial charge in [0.2, 0.25) is 0 Å². The third kappa shape index (κ3) is 3.69. The van der Waals surface area contributed by atoms with Crippen molar-refractivity contribution in [1.29, 1.82) is 0 Å². The Kier molecular flexibility index (Phi) is 5.10. The lowest BCUT2D eigenvalue weighted by atomic mass is 10.0. The van der Waals surface area contributed by atoms with Crippen molar-refractivity contribution in [1.82, 2.24) is 0 Å². The first kappa shape index (κ1) is 15.7. The average Bonchev–Trinajstić information content (AvgIpc) is 2.46. The molecule has 0 radical (unpaired) electrons. The number of anilines is 1. The zero-order valence-corrected chi connectivity index (χ0v) is 13.0. The summed E-state index contributed by atoms with van der Waals surface area (Å²) in [6, 6.07) is 11.1. The van der Waals surface area contributed by atoms with Crippen molar-refractivity contribution in [2.75, 3.05) is 11.9 Å². The Morgan fingerprint density at radius 3 is 2.48 bits per heavy atom. The van der Waals surface area contributed by atoms with Crippen LogP contribution >= 0.6 is 23.2 Å². The fourth-order valence-electron chi connectivity index (χ4n) is 2.13. The molecule has 2 N–H and O–H groups in total. The first-order valence-electron chi connectivity index (χ1n) is 6.56. The van der Waals surface area contributed by atoms with E-state index in [0.717, 1.165) is 28.8 Å². The molecule has 0 spiro atoms. The number of aliphatic carboxylic acids is 1. The summed E-state index contributed by atoms with van der Waals surface area (Å²) in [5, 5.41) is 12.9. The Bertz CT molecular complexity index is 671. The third-order valence-corrected chi connectivity index (χ3v) is 3.81. The predicted molar refractivity (Wildman–Crippen MR) is 87.4 cm³/mol. The molecule has 21 heavy (non-hydrogen) atoms. The number of hydrogen-bond donors (Lipinski definition) is 2. The zero-order chi connectivity index (χ0) is 15.4. The lowest BCUT2D eigenvalue weighted by molar-refractivity contribution is -0.134. The topological polar surface area (TPSA) is 49.3 Å². The van der Waals surface area contributed by atoms with Crippen molar-refractivity contribution < 1.29 is 9.90 Å². The molecule has 0 atom stereocenters. The Morgan fingerprint density at radius 1 is 1.14 bits per heavy atom. The Morgan fingerprint density at radius 2 is 1.86 bits per heavy atom. The second-order valence-electron chi connectivity index (χ2n) is 4.57. The van der Waals surface area contributed by atoms with Crippen LogP contribution in [0, 0.1) is 0 Å². The molecule has 0 fully saturated rings. The minimum absolute atomic E-state index is 0.142. The van der Waals surface area contributed by atoms with E-state index in [1.807, 2.05) is 37.3 Å². The molecular weight excluding hydrogens is 309 g/mol. The second-order valence-corrected chi connectivity index (χ2v) is 5.38. The highest BCUT2D eigenvalue weighted by Crippen LogP contribution is 2.36. The minimum atomic E-state index is -0.911. The maximum absolute atomic E-state index is 10.7. The number of carboxylic acids is 1. The van der Waals surface area contributed by atoms with Crippen molar-refractivity contribution in [3.05, 3.63) is 52.0 Å². The number of aryl methyl sites for hydroxylation is 1. The van der Waals surface area contributed by atoms with Gasteiger partial charge in [-0.1, -0.05) is 48.3 Å². The van der Waals surface area contributed by atoms with E-state index in [2.05, 4.69) is 5.32 Å². The first-order valence-corrected chi connectivity index (χ1v) is 7.31. The van der Waals surface area contributed by atoms with Gasteiger partial charge in [0, 0.05) is 26.9 Å². The third-order valence-electron chi connectivity index (χ3n) is 3.17. The molecule has 2 aromatic carbocycles. The van der Waals surface area contributed by atoms with Gasteiger partial charge in [0.1, 0.15) is 6.54 Å². The number of nitrogens with one attached hydrogen (secondary N) is 1. The van der Waals surface area contributed by atoms with Gasteiger partial charge >= 0.3 is 5.97 Å². The molecule has 0 amide bonds. The van der Waals surface area contributed by atoms with E-state index in [-0.39, 0.29) is 6.54 Å². The summed E-state index contributed by atoms with van der Waals surface area (Å²) in [4.78, 5) is 10.7. The number of carbonyl (C=O) groups is 1. The van der Waals surface area contributed by atoms with Crippen LogP contribution in [0.25, 0.3) is 11.1 Å². The van der Waals surface area contributed by atoms with Gasteiger partial charge < -0.3 is 10.4 Å². The summed E-state index contributed by atoms with van der Waals surface area (Å²) < 4.78 is 0. The average molecular weight is 324 g/mol. The number of rotatable bonds is 5. The summed E-state index contributed by atoms with van der Waals surface area (Å²) in [5.74, 6) is -0.911. The van der Waals surface area contributed by atoms with Crippen LogP contribution in [-0.2, 0) is 11.2 Å². The molecule has 5 heteroatoms. The Balaban J connectivity index is 2.49. The van der Waals surface area contributed by atoms with E-state index in [1.54, 1.807) is 6.07 Å². The highest BCUT2D eigenvalue weighted by Gasteiger charge is 2.12. The molecule has 2 aromatic rings. The maximum Gasteiger partial charge on any atom is 0.322 e. The zero-order valence-electron chi connectivity index (χ0n) is 11.5. The SMILES string of the molecule is CCc1cc(Cl)c(-c2ccccc2Cl)cc1NCC(=O)O. The highest BCUT2D eigenvalue weighted by atomic mass is 35.5. The van der Waals surface area contributed by atoms with Crippen LogP contribution in [0.5, 0.6) is 0 Å². The minimum Gasteiger partial charge on any atom is -0.480 e. The Hall–Kier alpha value is -1.71. The van der Waals surface area contributed by atoms with Crippen molar-refractivity contribution in [2.45, 2.75) is 13.3 Å². The largest absolute Gasteiger partial charge is 0.480 e. The summed E-state index contributed by atoms with van der Waals surface area (Å²) in [5.41, 5.74) is 3.34. The van der Waals surface area contributed by atoms with E-state index in [1.165, 1.54) is 0 Å². The molecule has 0 aliphatic rings. The van der Waals surface area contributed by atoms with Crippen LogP contribution in [0.2, 0.25) is 10.0 Å². The molecule has 0 aromatic heterocycles. The summed E-state index contributed by atoms with van der Waals surface area (Å²) >= 11 is 12.6. The summed E-state index contributed by atoms with van der Waals surface area (Å²) in [6.07, 6.45) is 0.754. The number of carboxylic acid groups (broad SMARTS) is 1. The van der Waals surface area contributed by atoms with Gasteiger partial charge in [-0.3, -0.25) is 4.79 Å². The van der Waals surface area contributed by atoms with Gasteiger partial charge in [0.25, 0.3) is 0 Å². The van der Waals surface area contributed by atoms with E-state index < -0.39 is 5.97 Å². The molecule has 0 aliphatic heterocycles. The quantitative estimate of drug-likeness (QED) is 0.837. The highest BCUT2D eigenvalue weighted by molar-refractivity contribution is 6.36. The number of benzene rings is 2. The summed E-state index contributed by atoms with van der Waals surface area (Å²) in [6.45, 7) is 1.85. The van der Waals surface area contributed by atoms with Crippen LogP contribution < -0.4 is 5.32 Å². The van der Waals surface area contributed by atoms with Crippen LogP contribution in [0.15, 0.2) is 36.4 Å². The van der Waals surface area contributed by atoms with E-state index in [9.17, 15) is 4.79 Å². The van der Waals surface area contributed by atoms with Crippen molar-refractivity contribution in [3.63, 3.8) is 0 Å². The molecule has 0 saturated heterocycles. The molecule has 110 valence electrons. The van der Waals surface area contributed by atoms with Crippen LogP contribution in [0.3, 0.4) is 0 Å². The predicted octanol–water partition coefficient (Wildman–Crippen LogP) is 4.72. The number of hydrogen-bond acceptors (Lipinski definition) is 2. The van der Waals surface area contributed by atoms with E-state index >= 15 is 0 Å². The molecule has 0 bridgehead atoms. The van der Waals surface area contributed by atoms with Gasteiger partial charge in [-0.05, 0) is 30.2 Å². The summed E-state index contributed by atoms with van der Waals surface area (Å²) in [7, 11) is 0. The molecule has 0 unspecified atom stereocenters. The molecule has 0 aliphatic carbocycles. The van der Waals surface area contributed by atoms with Gasteiger partial charge in [0.05, 0.1) is 0 Å². The first-order chi connectivity index (χ1) is 10.0. The van der Waals surface area contributed by atoms with Crippen molar-refractivity contribution in [2.24, 2.45) is 0 Å². The fraction of sp³-hybridized carbons (Fsp3) is 0.188. The molecular formula is C16H15Cl2NO2. The molecule has 3 nitrogen and oxygen atoms in total. The standard InChI is InChI=1S/C16H15Cl2NO2/c1-2-10-7-14(18)12(8-15(10)19-9-16(20)21)11-5-3-4-6-13(11)17/h3-8,19H,2,9H2,1H3,(H,20,21). The van der Waals surface area contributed by atoms with Gasteiger partial charge in [-0.25, -0.2) is 0 Å². The van der Waals surface area contributed by atoms with Crippen molar-refractivity contribution >= 4 is 34.9 Å². The normalized spacial score (nSPS) is 10.4. The lowest BCUT2D eigenvalue weighted by Gasteiger charge is -2.14.